The molecule has 0 aliphatic rings. The Balaban J connectivity index is 2.50. The molecule has 0 spiro atoms. The zero-order chi connectivity index (χ0) is 15.8. The summed E-state index contributed by atoms with van der Waals surface area (Å²) in [5.74, 6) is 0.366. The highest BCUT2D eigenvalue weighted by molar-refractivity contribution is 5.69. The van der Waals surface area contributed by atoms with Crippen LogP contribution in [0.4, 0.5) is 19.0 Å². The lowest BCUT2D eigenvalue weighted by molar-refractivity contribution is -0.141. The third-order valence-electron chi connectivity index (χ3n) is 2.92. The molecular formula is C13H17F3N4O. The SMILES string of the molecule is CCN(CC(C)(C)O)c1nccn2nc(C(F)(F)F)cc12. The second kappa shape index (κ2) is 5.18. The third-order valence-corrected chi connectivity index (χ3v) is 2.92. The van der Waals surface area contributed by atoms with Crippen LogP contribution in [0.1, 0.15) is 26.5 Å². The molecule has 0 amide bonds. The zero-order valence-corrected chi connectivity index (χ0v) is 12.0. The van der Waals surface area contributed by atoms with E-state index in [-0.39, 0.29) is 12.1 Å². The molecule has 0 saturated heterocycles. The molecule has 0 radical (unpaired) electrons. The van der Waals surface area contributed by atoms with Gasteiger partial charge in [-0.15, -0.1) is 0 Å². The molecule has 2 rings (SSSR count). The fourth-order valence-corrected chi connectivity index (χ4v) is 2.09. The summed E-state index contributed by atoms with van der Waals surface area (Å²) >= 11 is 0. The highest BCUT2D eigenvalue weighted by Crippen LogP contribution is 2.31. The zero-order valence-electron chi connectivity index (χ0n) is 12.0. The number of hydrogen-bond donors (Lipinski definition) is 1. The summed E-state index contributed by atoms with van der Waals surface area (Å²) in [6.07, 6.45) is -1.74. The van der Waals surface area contributed by atoms with Crippen LogP contribution in [0.3, 0.4) is 0 Å². The highest BCUT2D eigenvalue weighted by Gasteiger charge is 2.34. The van der Waals surface area contributed by atoms with Gasteiger partial charge in [0.2, 0.25) is 0 Å². The topological polar surface area (TPSA) is 53.7 Å². The first-order chi connectivity index (χ1) is 9.62. The number of hydrogen-bond acceptors (Lipinski definition) is 4. The second-order valence-electron chi connectivity index (χ2n) is 5.43. The predicted molar refractivity (Wildman–Crippen MR) is 72.2 cm³/mol. The van der Waals surface area contributed by atoms with Gasteiger partial charge < -0.3 is 10.0 Å². The first-order valence-corrected chi connectivity index (χ1v) is 6.51. The average Bonchev–Trinajstić information content (AvgIpc) is 2.78. The molecule has 8 heteroatoms. The lowest BCUT2D eigenvalue weighted by Gasteiger charge is -2.29. The Hall–Kier alpha value is -1.83. The number of fused-ring (bicyclic) bond motifs is 1. The molecule has 0 aromatic carbocycles. The van der Waals surface area contributed by atoms with E-state index in [2.05, 4.69) is 10.1 Å². The molecule has 0 aliphatic carbocycles. The molecule has 0 bridgehead atoms. The lowest BCUT2D eigenvalue weighted by atomic mass is 10.1. The Bertz CT molecular complexity index is 630. The Kier molecular flexibility index (Phi) is 3.83. The molecule has 5 nitrogen and oxygen atoms in total. The maximum Gasteiger partial charge on any atom is 0.435 e. The smallest absolute Gasteiger partial charge is 0.389 e. The van der Waals surface area contributed by atoms with Crippen LogP contribution in [-0.2, 0) is 6.18 Å². The van der Waals surface area contributed by atoms with Crippen molar-refractivity contribution in [3.05, 3.63) is 24.2 Å². The van der Waals surface area contributed by atoms with Crippen molar-refractivity contribution in [3.63, 3.8) is 0 Å². The Morgan fingerprint density at radius 3 is 2.52 bits per heavy atom. The van der Waals surface area contributed by atoms with Crippen LogP contribution in [0, 0.1) is 0 Å². The van der Waals surface area contributed by atoms with Crippen LogP contribution in [0.2, 0.25) is 0 Å². The summed E-state index contributed by atoms with van der Waals surface area (Å²) in [6.45, 7) is 5.87. The molecule has 2 heterocycles. The number of likely N-dealkylation sites (N-methyl/N-ethyl adjacent to an activating group) is 1. The van der Waals surface area contributed by atoms with Crippen molar-refractivity contribution in [1.29, 1.82) is 0 Å². The summed E-state index contributed by atoms with van der Waals surface area (Å²) in [5.41, 5.74) is -1.69. The van der Waals surface area contributed by atoms with Gasteiger partial charge >= 0.3 is 6.18 Å². The monoisotopic (exact) mass is 302 g/mol. The van der Waals surface area contributed by atoms with Crippen molar-refractivity contribution >= 4 is 11.3 Å². The first-order valence-electron chi connectivity index (χ1n) is 6.51. The van der Waals surface area contributed by atoms with E-state index < -0.39 is 17.5 Å². The van der Waals surface area contributed by atoms with Gasteiger partial charge in [0, 0.05) is 31.5 Å². The van der Waals surface area contributed by atoms with Crippen LogP contribution in [-0.4, -0.2) is 38.4 Å². The molecule has 1 N–H and O–H groups in total. The van der Waals surface area contributed by atoms with Crippen LogP contribution < -0.4 is 4.90 Å². The molecule has 116 valence electrons. The number of alkyl halides is 3. The summed E-state index contributed by atoms with van der Waals surface area (Å²) < 4.78 is 39.4. The maximum atomic E-state index is 12.8. The molecule has 0 saturated carbocycles. The Labute approximate surface area is 120 Å². The number of halogens is 3. The first kappa shape index (κ1) is 15.6. The van der Waals surface area contributed by atoms with Gasteiger partial charge in [-0.2, -0.15) is 18.3 Å². The van der Waals surface area contributed by atoms with E-state index in [1.807, 2.05) is 6.92 Å². The standard InChI is InChI=1S/C13H17F3N4O/c1-4-19(8-12(2,3)21)11-9-7-10(13(14,15)16)18-20(9)6-5-17-11/h5-7,21H,4,8H2,1-3H3. The van der Waals surface area contributed by atoms with Gasteiger partial charge in [0.25, 0.3) is 0 Å². The highest BCUT2D eigenvalue weighted by atomic mass is 19.4. The van der Waals surface area contributed by atoms with Gasteiger partial charge in [0.15, 0.2) is 11.5 Å². The Morgan fingerprint density at radius 2 is 2.00 bits per heavy atom. The van der Waals surface area contributed by atoms with Crippen molar-refractivity contribution in [3.8, 4) is 0 Å². The minimum atomic E-state index is -4.50. The van der Waals surface area contributed by atoms with Crippen LogP contribution in [0.5, 0.6) is 0 Å². The van der Waals surface area contributed by atoms with Gasteiger partial charge in [-0.1, -0.05) is 0 Å². The predicted octanol–water partition coefficient (Wildman–Crippen LogP) is 2.35. The molecule has 2 aromatic rings. The van der Waals surface area contributed by atoms with Gasteiger partial charge in [-0.25, -0.2) is 9.50 Å². The van der Waals surface area contributed by atoms with Crippen molar-refractivity contribution in [2.75, 3.05) is 18.0 Å². The maximum absolute atomic E-state index is 12.8. The van der Waals surface area contributed by atoms with E-state index in [1.165, 1.54) is 12.4 Å². The molecule has 0 fully saturated rings. The van der Waals surface area contributed by atoms with Crippen molar-refractivity contribution in [2.45, 2.75) is 32.5 Å². The van der Waals surface area contributed by atoms with Gasteiger partial charge in [-0.05, 0) is 20.8 Å². The molecular weight excluding hydrogens is 285 g/mol. The van der Waals surface area contributed by atoms with Crippen LogP contribution in [0.15, 0.2) is 18.5 Å². The number of aromatic nitrogens is 3. The minimum Gasteiger partial charge on any atom is -0.389 e. The van der Waals surface area contributed by atoms with E-state index in [4.69, 9.17) is 0 Å². The van der Waals surface area contributed by atoms with Gasteiger partial charge in [0.05, 0.1) is 5.60 Å². The number of rotatable bonds is 4. The Morgan fingerprint density at radius 1 is 1.33 bits per heavy atom. The quantitative estimate of drug-likeness (QED) is 0.942. The summed E-state index contributed by atoms with van der Waals surface area (Å²) in [6, 6.07) is 0.968. The molecule has 2 aromatic heterocycles. The number of nitrogens with zero attached hydrogens (tertiary/aromatic N) is 4. The lowest BCUT2D eigenvalue weighted by Crippen LogP contribution is -2.39. The van der Waals surface area contributed by atoms with Crippen LogP contribution in [0.25, 0.3) is 5.52 Å². The van der Waals surface area contributed by atoms with Gasteiger partial charge in [-0.3, -0.25) is 0 Å². The van der Waals surface area contributed by atoms with E-state index >= 15 is 0 Å². The van der Waals surface area contributed by atoms with E-state index in [0.29, 0.717) is 12.4 Å². The second-order valence-corrected chi connectivity index (χ2v) is 5.43. The fraction of sp³-hybridized carbons (Fsp3) is 0.538. The van der Waals surface area contributed by atoms with E-state index in [0.717, 1.165) is 10.6 Å². The summed E-state index contributed by atoms with van der Waals surface area (Å²) in [7, 11) is 0. The summed E-state index contributed by atoms with van der Waals surface area (Å²) in [5, 5.41) is 13.4. The molecule has 0 atom stereocenters. The third kappa shape index (κ3) is 3.44. The average molecular weight is 302 g/mol. The fourth-order valence-electron chi connectivity index (χ4n) is 2.09. The normalized spacial score (nSPS) is 12.9. The van der Waals surface area contributed by atoms with Gasteiger partial charge in [0.1, 0.15) is 5.52 Å². The molecule has 0 aliphatic heterocycles. The van der Waals surface area contributed by atoms with Crippen molar-refractivity contribution < 1.29 is 18.3 Å². The summed E-state index contributed by atoms with van der Waals surface area (Å²) in [4.78, 5) is 5.86. The largest absolute Gasteiger partial charge is 0.435 e. The minimum absolute atomic E-state index is 0.253. The van der Waals surface area contributed by atoms with E-state index in [1.54, 1.807) is 18.7 Å². The van der Waals surface area contributed by atoms with Crippen LogP contribution >= 0.6 is 0 Å². The van der Waals surface area contributed by atoms with Crippen molar-refractivity contribution in [2.24, 2.45) is 0 Å². The van der Waals surface area contributed by atoms with Crippen molar-refractivity contribution in [1.82, 2.24) is 14.6 Å². The number of aliphatic hydroxyl groups is 1. The number of anilines is 1. The molecule has 21 heavy (non-hydrogen) atoms. The van der Waals surface area contributed by atoms with E-state index in [9.17, 15) is 18.3 Å². The molecule has 0 unspecified atom stereocenters.